The zero-order valence-electron chi connectivity index (χ0n) is 23.2. The van der Waals surface area contributed by atoms with E-state index >= 15 is 0 Å². The summed E-state index contributed by atoms with van der Waals surface area (Å²) in [5.74, 6) is -1.92. The number of carbonyl (C=O) groups is 4. The van der Waals surface area contributed by atoms with Gasteiger partial charge in [-0.15, -0.1) is 11.3 Å². The molecule has 1 atom stereocenters. The van der Waals surface area contributed by atoms with Crippen molar-refractivity contribution in [3.8, 4) is 0 Å². The molecule has 3 N–H and O–H groups in total. The van der Waals surface area contributed by atoms with Gasteiger partial charge in [-0.1, -0.05) is 5.16 Å². The molecule has 0 aliphatic carbocycles. The van der Waals surface area contributed by atoms with Crippen molar-refractivity contribution in [1.29, 1.82) is 0 Å². The molecule has 216 valence electrons. The second-order valence-electron chi connectivity index (χ2n) is 11.3. The van der Waals surface area contributed by atoms with Gasteiger partial charge in [0, 0.05) is 31.3 Å². The lowest BCUT2D eigenvalue weighted by Crippen LogP contribution is -2.52. The average molecular weight is 569 g/mol. The van der Waals surface area contributed by atoms with Crippen LogP contribution in [-0.2, 0) is 33.5 Å². The number of hydrogen-bond donors (Lipinski definition) is 3. The van der Waals surface area contributed by atoms with E-state index in [2.05, 4.69) is 26.3 Å². The molecule has 0 unspecified atom stereocenters. The van der Waals surface area contributed by atoms with Gasteiger partial charge in [-0.05, 0) is 48.6 Å². The summed E-state index contributed by atoms with van der Waals surface area (Å²) in [4.78, 5) is 67.7. The Morgan fingerprint density at radius 3 is 2.36 bits per heavy atom. The van der Waals surface area contributed by atoms with Crippen LogP contribution in [-0.4, -0.2) is 89.1 Å². The van der Waals surface area contributed by atoms with Crippen molar-refractivity contribution in [2.45, 2.75) is 77.2 Å². The molecule has 15 heteroatoms. The molecule has 2 aliphatic rings. The molecule has 39 heavy (non-hydrogen) atoms. The van der Waals surface area contributed by atoms with E-state index < -0.39 is 46.7 Å². The summed E-state index contributed by atoms with van der Waals surface area (Å²) in [5, 5.41) is 10.8. The Balaban J connectivity index is 1.91. The van der Waals surface area contributed by atoms with Crippen molar-refractivity contribution in [2.75, 3.05) is 32.1 Å². The van der Waals surface area contributed by atoms with E-state index in [4.69, 9.17) is 19.1 Å². The zero-order valence-corrected chi connectivity index (χ0v) is 24.0. The lowest BCUT2D eigenvalue weighted by molar-refractivity contribution is -0.190. The Kier molecular flexibility index (Phi) is 9.18. The Hall–Kier alpha value is -3.30. The van der Waals surface area contributed by atoms with Gasteiger partial charge < -0.3 is 24.5 Å². The fourth-order valence-electron chi connectivity index (χ4n) is 3.53. The molecule has 2 fully saturated rings. The van der Waals surface area contributed by atoms with Crippen molar-refractivity contribution < 1.29 is 38.3 Å². The number of thiazole rings is 1. The normalized spacial score (nSPS) is 20.1. The molecule has 3 amide bonds. The number of anilines is 1. The van der Waals surface area contributed by atoms with E-state index in [1.807, 2.05) is 11.9 Å². The van der Waals surface area contributed by atoms with Crippen molar-refractivity contribution in [3.05, 3.63) is 11.1 Å². The summed E-state index contributed by atoms with van der Waals surface area (Å²) in [6.07, 6.45) is -0.172. The molecular weight excluding hydrogens is 532 g/mol. The van der Waals surface area contributed by atoms with Crippen LogP contribution in [0.4, 0.5) is 9.93 Å². The smallest absolute Gasteiger partial charge is 0.413 e. The van der Waals surface area contributed by atoms with Crippen molar-refractivity contribution in [2.24, 2.45) is 5.16 Å². The first-order valence-corrected chi connectivity index (χ1v) is 13.3. The monoisotopic (exact) mass is 568 g/mol. The van der Waals surface area contributed by atoms with Gasteiger partial charge in [0.05, 0.1) is 0 Å². The van der Waals surface area contributed by atoms with Gasteiger partial charge in [-0.3, -0.25) is 19.7 Å². The van der Waals surface area contributed by atoms with Crippen molar-refractivity contribution in [1.82, 2.24) is 20.7 Å². The molecule has 0 aromatic carbocycles. The van der Waals surface area contributed by atoms with Crippen LogP contribution in [0.25, 0.3) is 0 Å². The van der Waals surface area contributed by atoms with Crippen molar-refractivity contribution >= 4 is 46.1 Å². The maximum Gasteiger partial charge on any atom is 0.413 e. The molecular formula is C24H36N6O8S. The zero-order chi connectivity index (χ0) is 29.0. The molecule has 1 aromatic rings. The van der Waals surface area contributed by atoms with E-state index in [-0.39, 0.29) is 36.0 Å². The molecule has 14 nitrogen and oxygen atoms in total. The molecule has 3 heterocycles. The number of oxime groups is 1. The summed E-state index contributed by atoms with van der Waals surface area (Å²) in [6.45, 7) is 11.4. The first kappa shape index (κ1) is 30.2. The number of rotatable bonds is 7. The summed E-state index contributed by atoms with van der Waals surface area (Å²) >= 11 is 1.03. The van der Waals surface area contributed by atoms with Gasteiger partial charge in [-0.25, -0.2) is 20.1 Å². The number of hydrogen-bond acceptors (Lipinski definition) is 12. The summed E-state index contributed by atoms with van der Waals surface area (Å²) in [6, 6.07) is -0.969. The van der Waals surface area contributed by atoms with Crippen LogP contribution in [0.1, 0.15) is 60.1 Å². The minimum absolute atomic E-state index is 0.0511. The summed E-state index contributed by atoms with van der Waals surface area (Å²) < 4.78 is 10.9. The van der Waals surface area contributed by atoms with Crippen LogP contribution in [0, 0.1) is 0 Å². The third-order valence-electron chi connectivity index (χ3n) is 5.49. The van der Waals surface area contributed by atoms with Crippen LogP contribution in [0.5, 0.6) is 0 Å². The van der Waals surface area contributed by atoms with Crippen LogP contribution in [0.2, 0.25) is 0 Å². The van der Waals surface area contributed by atoms with Gasteiger partial charge in [0.25, 0.3) is 11.8 Å². The number of ether oxygens (including phenoxy) is 2. The lowest BCUT2D eigenvalue weighted by atomic mass is 9.91. The molecule has 0 saturated carbocycles. The Bertz CT molecular complexity index is 1110. The Labute approximate surface area is 230 Å². The third kappa shape index (κ3) is 8.60. The number of hydroxylamine groups is 1. The molecule has 1 aromatic heterocycles. The first-order chi connectivity index (χ1) is 18.1. The molecule has 0 radical (unpaired) electrons. The van der Waals surface area contributed by atoms with Gasteiger partial charge in [0.2, 0.25) is 5.60 Å². The second kappa shape index (κ2) is 11.8. The number of esters is 1. The maximum absolute atomic E-state index is 13.3. The van der Waals surface area contributed by atoms with E-state index in [1.54, 1.807) is 41.5 Å². The third-order valence-corrected chi connectivity index (χ3v) is 6.25. The number of likely N-dealkylation sites (tertiary alicyclic amines) is 1. The van der Waals surface area contributed by atoms with E-state index in [9.17, 15) is 19.2 Å². The predicted molar refractivity (Wildman–Crippen MR) is 141 cm³/mol. The minimum atomic E-state index is -1.44. The lowest BCUT2D eigenvalue weighted by Gasteiger charge is -2.38. The highest BCUT2D eigenvalue weighted by molar-refractivity contribution is 7.14. The summed E-state index contributed by atoms with van der Waals surface area (Å²) in [5.41, 5.74) is -1.02. The topological polar surface area (TPSA) is 170 Å². The number of nitrogens with zero attached hydrogens (tertiary/aromatic N) is 3. The molecule has 0 bridgehead atoms. The van der Waals surface area contributed by atoms with E-state index in [0.29, 0.717) is 13.1 Å². The highest BCUT2D eigenvalue weighted by Crippen LogP contribution is 2.30. The van der Waals surface area contributed by atoms with Crippen LogP contribution < -0.4 is 16.1 Å². The maximum atomic E-state index is 13.3. The summed E-state index contributed by atoms with van der Waals surface area (Å²) in [7, 11) is 1.92. The second-order valence-corrected chi connectivity index (χ2v) is 12.2. The van der Waals surface area contributed by atoms with Gasteiger partial charge >= 0.3 is 12.1 Å². The van der Waals surface area contributed by atoms with Crippen molar-refractivity contribution in [3.63, 3.8) is 0 Å². The first-order valence-electron chi connectivity index (χ1n) is 12.4. The van der Waals surface area contributed by atoms with Crippen LogP contribution in [0.15, 0.2) is 10.5 Å². The Morgan fingerprint density at radius 1 is 1.15 bits per heavy atom. The SMILES string of the molecule is CN1CCC(O/N=C(\C(=O)N[C@H]2CONC2=O)c2csc(NC(=O)OC(C)(C)C)n2)(C(=O)OC(C)(C)C)CC1. The van der Waals surface area contributed by atoms with E-state index in [1.165, 1.54) is 5.38 Å². The Morgan fingerprint density at radius 2 is 1.79 bits per heavy atom. The highest BCUT2D eigenvalue weighted by Gasteiger charge is 2.47. The minimum Gasteiger partial charge on any atom is -0.457 e. The number of amides is 3. The fraction of sp³-hybridized carbons (Fsp3) is 0.667. The highest BCUT2D eigenvalue weighted by atomic mass is 32.1. The number of piperidine rings is 1. The number of nitrogens with one attached hydrogen (secondary N) is 3. The fourth-order valence-corrected chi connectivity index (χ4v) is 4.21. The number of aromatic nitrogens is 1. The van der Waals surface area contributed by atoms with Gasteiger partial charge in [0.15, 0.2) is 10.8 Å². The molecule has 2 saturated heterocycles. The largest absolute Gasteiger partial charge is 0.457 e. The van der Waals surface area contributed by atoms with Gasteiger partial charge in [0.1, 0.15) is 29.5 Å². The van der Waals surface area contributed by atoms with Gasteiger partial charge in [-0.2, -0.15) is 0 Å². The average Bonchev–Trinajstić information content (AvgIpc) is 3.41. The standard InChI is InChI=1S/C24H36N6O8S/c1-22(2,3)36-19(33)24(8-10-30(7)11-9-24)38-28-16(18(32)25-14-12-35-29-17(14)31)15-13-39-20(26-15)27-21(34)37-23(4,5)6/h13-14H,8-12H2,1-7H3,(H,25,32)(H,29,31)(H,26,27,34)/b28-16-/t14-/m0/s1. The van der Waals surface area contributed by atoms with Crippen LogP contribution in [0.3, 0.4) is 0 Å². The molecule has 2 aliphatic heterocycles. The number of carbonyl (C=O) groups excluding carboxylic acids is 4. The molecule has 0 spiro atoms. The predicted octanol–water partition coefficient (Wildman–Crippen LogP) is 1.56. The quantitative estimate of drug-likeness (QED) is 0.249. The molecule has 3 rings (SSSR count). The van der Waals surface area contributed by atoms with E-state index in [0.717, 1.165) is 11.3 Å². The van der Waals surface area contributed by atoms with Crippen LogP contribution >= 0.6 is 11.3 Å².